The molecule has 2 aromatic heterocycles. The van der Waals surface area contributed by atoms with Crippen LogP contribution in [0, 0.1) is 10.1 Å². The largest absolute Gasteiger partial charge is 0.462 e. The van der Waals surface area contributed by atoms with Crippen LogP contribution < -0.4 is 5.43 Å². The summed E-state index contributed by atoms with van der Waals surface area (Å²) < 4.78 is 11.4. The van der Waals surface area contributed by atoms with Gasteiger partial charge in [0.05, 0.1) is 28.2 Å². The number of nitrogens with one attached hydrogen (secondary N) is 1. The highest BCUT2D eigenvalue weighted by molar-refractivity contribution is 7.20. The minimum atomic E-state index is -0.479. The van der Waals surface area contributed by atoms with Gasteiger partial charge in [0.25, 0.3) is 11.6 Å². The number of rotatable bonds is 7. The second-order valence-corrected chi connectivity index (χ2v) is 7.87. The van der Waals surface area contributed by atoms with Crippen LogP contribution in [0.2, 0.25) is 0 Å². The van der Waals surface area contributed by atoms with E-state index in [2.05, 4.69) is 10.5 Å². The first kappa shape index (κ1) is 21.9. The van der Waals surface area contributed by atoms with Crippen LogP contribution in [0.25, 0.3) is 21.4 Å². The molecule has 0 spiro atoms. The van der Waals surface area contributed by atoms with Crippen molar-refractivity contribution in [1.82, 2.24) is 5.43 Å². The number of carbonyl (C=O) groups is 2. The van der Waals surface area contributed by atoms with Crippen molar-refractivity contribution in [1.29, 1.82) is 0 Å². The molecule has 0 saturated carbocycles. The third-order valence-electron chi connectivity index (χ3n) is 4.60. The van der Waals surface area contributed by atoms with Crippen LogP contribution in [0.15, 0.2) is 70.2 Å². The van der Waals surface area contributed by atoms with Gasteiger partial charge in [-0.1, -0.05) is 12.1 Å². The summed E-state index contributed by atoms with van der Waals surface area (Å²) in [4.78, 5) is 34.9. The molecule has 0 bridgehead atoms. The van der Waals surface area contributed by atoms with Crippen molar-refractivity contribution in [2.24, 2.45) is 5.10 Å². The first-order chi connectivity index (χ1) is 15.9. The molecular formula is C23H17N3O6S. The Morgan fingerprint density at radius 1 is 1.15 bits per heavy atom. The minimum absolute atomic E-state index is 0.0329. The van der Waals surface area contributed by atoms with Crippen molar-refractivity contribution < 1.29 is 23.7 Å². The van der Waals surface area contributed by atoms with E-state index in [-0.39, 0.29) is 11.7 Å². The Hall–Kier alpha value is -4.31. The fraction of sp³-hybridized carbons (Fsp3) is 0.0870. The predicted molar refractivity (Wildman–Crippen MR) is 124 cm³/mol. The second-order valence-electron chi connectivity index (χ2n) is 6.79. The molecule has 0 radical (unpaired) electrons. The molecule has 0 fully saturated rings. The first-order valence-electron chi connectivity index (χ1n) is 9.83. The number of fused-ring (bicyclic) bond motifs is 1. The summed E-state index contributed by atoms with van der Waals surface area (Å²) in [5, 5.41) is 15.4. The lowest BCUT2D eigenvalue weighted by atomic mass is 10.1. The van der Waals surface area contributed by atoms with E-state index in [1.807, 2.05) is 0 Å². The molecule has 9 nitrogen and oxygen atoms in total. The zero-order valence-electron chi connectivity index (χ0n) is 17.3. The number of amides is 1. The monoisotopic (exact) mass is 463 g/mol. The van der Waals surface area contributed by atoms with Crippen LogP contribution in [0.1, 0.15) is 32.7 Å². The molecule has 10 heteroatoms. The standard InChI is InChI=1S/C23H17N3O6S/c1-2-31-23(28)15-5-3-14(4-6-15)19-9-8-18(32-19)13-24-25-22(27)21-12-16-11-17(26(29)30)7-10-20(16)33-21/h3-13H,2H2,1H3,(H,25,27)/b24-13-. The van der Waals surface area contributed by atoms with E-state index >= 15 is 0 Å². The summed E-state index contributed by atoms with van der Waals surface area (Å²) in [5.74, 6) is 0.177. The Kier molecular flexibility index (Phi) is 6.27. The Labute approximate surface area is 191 Å². The molecule has 0 unspecified atom stereocenters. The lowest BCUT2D eigenvalue weighted by Gasteiger charge is -2.02. The Bertz CT molecular complexity index is 1370. The number of hydrogen-bond acceptors (Lipinski definition) is 8. The van der Waals surface area contributed by atoms with Crippen LogP contribution in [-0.4, -0.2) is 29.6 Å². The van der Waals surface area contributed by atoms with Crippen molar-refractivity contribution in [3.8, 4) is 11.3 Å². The molecule has 4 rings (SSSR count). The molecular weight excluding hydrogens is 446 g/mol. The topological polar surface area (TPSA) is 124 Å². The number of hydrazone groups is 1. The second kappa shape index (κ2) is 9.45. The number of nitro groups is 1. The Balaban J connectivity index is 1.40. The number of furan rings is 1. The van der Waals surface area contributed by atoms with Gasteiger partial charge in [0, 0.05) is 27.8 Å². The number of nitro benzene ring substituents is 1. The van der Waals surface area contributed by atoms with E-state index in [1.54, 1.807) is 55.5 Å². The summed E-state index contributed by atoms with van der Waals surface area (Å²) in [6.45, 7) is 2.06. The molecule has 0 atom stereocenters. The van der Waals surface area contributed by atoms with Gasteiger partial charge in [-0.05, 0) is 43.3 Å². The number of hydrogen-bond donors (Lipinski definition) is 1. The quantitative estimate of drug-likeness (QED) is 0.178. The summed E-state index contributed by atoms with van der Waals surface area (Å²) >= 11 is 1.21. The molecule has 0 aliphatic carbocycles. The summed E-state index contributed by atoms with van der Waals surface area (Å²) in [5.41, 5.74) is 3.61. The lowest BCUT2D eigenvalue weighted by molar-refractivity contribution is -0.384. The van der Waals surface area contributed by atoms with Gasteiger partial charge in [0.1, 0.15) is 11.5 Å². The van der Waals surface area contributed by atoms with Gasteiger partial charge in [-0.15, -0.1) is 11.3 Å². The van der Waals surface area contributed by atoms with Crippen LogP contribution in [0.4, 0.5) is 5.69 Å². The van der Waals surface area contributed by atoms with Gasteiger partial charge in [0.2, 0.25) is 0 Å². The van der Waals surface area contributed by atoms with E-state index < -0.39 is 10.8 Å². The van der Waals surface area contributed by atoms with Crippen molar-refractivity contribution in [2.75, 3.05) is 6.61 Å². The van der Waals surface area contributed by atoms with E-state index in [0.29, 0.717) is 34.0 Å². The maximum Gasteiger partial charge on any atom is 0.338 e. The number of non-ortho nitro benzene ring substituents is 1. The van der Waals surface area contributed by atoms with E-state index in [0.717, 1.165) is 10.3 Å². The molecule has 4 aromatic rings. The van der Waals surface area contributed by atoms with Crippen molar-refractivity contribution in [2.45, 2.75) is 6.92 Å². The maximum absolute atomic E-state index is 12.4. The SMILES string of the molecule is CCOC(=O)c1ccc(-c2ccc(/C=N\NC(=O)c3cc4cc([N+](=O)[O-])ccc4s3)o2)cc1. The summed E-state index contributed by atoms with van der Waals surface area (Å²) in [7, 11) is 0. The zero-order chi connectivity index (χ0) is 23.4. The van der Waals surface area contributed by atoms with Crippen LogP contribution >= 0.6 is 11.3 Å². The Morgan fingerprint density at radius 2 is 1.94 bits per heavy atom. The Morgan fingerprint density at radius 3 is 2.67 bits per heavy atom. The van der Waals surface area contributed by atoms with E-state index in [1.165, 1.54) is 29.7 Å². The number of carbonyl (C=O) groups excluding carboxylic acids is 2. The number of esters is 1. The average molecular weight is 463 g/mol. The molecule has 2 aromatic carbocycles. The highest BCUT2D eigenvalue weighted by atomic mass is 32.1. The van der Waals surface area contributed by atoms with Gasteiger partial charge < -0.3 is 9.15 Å². The molecule has 2 heterocycles. The van der Waals surface area contributed by atoms with E-state index in [9.17, 15) is 19.7 Å². The first-order valence-corrected chi connectivity index (χ1v) is 10.6. The van der Waals surface area contributed by atoms with E-state index in [4.69, 9.17) is 9.15 Å². The highest BCUT2D eigenvalue weighted by Gasteiger charge is 2.13. The molecule has 0 aliphatic heterocycles. The van der Waals surface area contributed by atoms with Crippen molar-refractivity contribution in [3.05, 3.63) is 87.0 Å². The van der Waals surface area contributed by atoms with Gasteiger partial charge in [0.15, 0.2) is 0 Å². The van der Waals surface area contributed by atoms with Gasteiger partial charge in [-0.3, -0.25) is 14.9 Å². The van der Waals surface area contributed by atoms with Crippen molar-refractivity contribution >= 4 is 45.2 Å². The maximum atomic E-state index is 12.4. The fourth-order valence-corrected chi connectivity index (χ4v) is 3.96. The summed E-state index contributed by atoms with van der Waals surface area (Å²) in [6.07, 6.45) is 1.37. The number of thiophene rings is 1. The van der Waals surface area contributed by atoms with Crippen LogP contribution in [0.3, 0.4) is 0 Å². The normalized spacial score (nSPS) is 11.1. The number of benzene rings is 2. The minimum Gasteiger partial charge on any atom is -0.462 e. The number of ether oxygens (including phenoxy) is 1. The van der Waals surface area contributed by atoms with Crippen LogP contribution in [0.5, 0.6) is 0 Å². The zero-order valence-corrected chi connectivity index (χ0v) is 18.1. The molecule has 33 heavy (non-hydrogen) atoms. The highest BCUT2D eigenvalue weighted by Crippen LogP contribution is 2.29. The van der Waals surface area contributed by atoms with Crippen LogP contribution in [-0.2, 0) is 4.74 Å². The fourth-order valence-electron chi connectivity index (χ4n) is 3.03. The smallest absolute Gasteiger partial charge is 0.338 e. The number of nitrogens with zero attached hydrogens (tertiary/aromatic N) is 2. The molecule has 1 amide bonds. The lowest BCUT2D eigenvalue weighted by Crippen LogP contribution is -2.15. The summed E-state index contributed by atoms with van der Waals surface area (Å²) in [6, 6.07) is 16.3. The molecule has 0 aliphatic rings. The third kappa shape index (κ3) is 4.96. The molecule has 0 saturated heterocycles. The van der Waals surface area contributed by atoms with Crippen molar-refractivity contribution in [3.63, 3.8) is 0 Å². The van der Waals surface area contributed by atoms with Gasteiger partial charge >= 0.3 is 5.97 Å². The molecule has 166 valence electrons. The van der Waals surface area contributed by atoms with Gasteiger partial charge in [-0.2, -0.15) is 5.10 Å². The predicted octanol–water partition coefficient (Wildman–Crippen LogP) is 5.01. The molecule has 1 N–H and O–H groups in total. The van der Waals surface area contributed by atoms with Gasteiger partial charge in [-0.25, -0.2) is 10.2 Å². The average Bonchev–Trinajstić information content (AvgIpc) is 3.46. The third-order valence-corrected chi connectivity index (χ3v) is 5.71.